The monoisotopic (exact) mass is 342 g/mol. The smallest absolute Gasteiger partial charge is 0.317 e. The lowest BCUT2D eigenvalue weighted by Gasteiger charge is -2.35. The van der Waals surface area contributed by atoms with Gasteiger partial charge in [0, 0.05) is 25.7 Å². The van der Waals surface area contributed by atoms with E-state index in [1.54, 1.807) is 7.11 Å². The van der Waals surface area contributed by atoms with Crippen LogP contribution in [0.3, 0.4) is 0 Å². The maximum absolute atomic E-state index is 12.5. The van der Waals surface area contributed by atoms with Crippen molar-refractivity contribution in [2.45, 2.75) is 38.3 Å². The molecule has 5 heteroatoms. The number of benzene rings is 2. The first kappa shape index (κ1) is 17.5. The number of likely N-dealkylation sites (tertiary alicyclic amines) is 1. The van der Waals surface area contributed by atoms with Gasteiger partial charge in [0.15, 0.2) is 0 Å². The minimum absolute atomic E-state index is 0.0343. The second-order valence-electron chi connectivity index (χ2n) is 6.56. The Kier molecular flexibility index (Phi) is 5.76. The normalized spacial score (nSPS) is 17.5. The van der Waals surface area contributed by atoms with Crippen molar-refractivity contribution < 1.29 is 14.6 Å². The number of nitrogens with zero attached hydrogens (tertiary/aromatic N) is 1. The lowest BCUT2D eigenvalue weighted by Crippen LogP contribution is -2.48. The summed E-state index contributed by atoms with van der Waals surface area (Å²) in [5, 5.41) is 14.5. The molecule has 0 aliphatic carbocycles. The highest BCUT2D eigenvalue weighted by atomic mass is 16.5. The van der Waals surface area contributed by atoms with Gasteiger partial charge in [0.25, 0.3) is 0 Å². The fourth-order valence-corrected chi connectivity index (χ4v) is 3.51. The second-order valence-corrected chi connectivity index (χ2v) is 6.56. The van der Waals surface area contributed by atoms with Crippen molar-refractivity contribution in [1.82, 2.24) is 10.2 Å². The lowest BCUT2D eigenvalue weighted by atomic mass is 10.00. The summed E-state index contributed by atoms with van der Waals surface area (Å²) in [6.45, 7) is 1.40. The minimum Gasteiger partial charge on any atom is -0.497 e. The number of urea groups is 1. The third-order valence-electron chi connectivity index (χ3n) is 4.91. The SMILES string of the molecule is COc1ccc2cc(CNC(=O)N3CCCCC3CCO)ccc2c1. The van der Waals surface area contributed by atoms with Gasteiger partial charge in [-0.2, -0.15) is 0 Å². The van der Waals surface area contributed by atoms with Crippen LogP contribution in [0.5, 0.6) is 5.75 Å². The number of amides is 2. The molecule has 1 fully saturated rings. The number of carbonyl (C=O) groups is 1. The summed E-state index contributed by atoms with van der Waals surface area (Å²) < 4.78 is 5.25. The van der Waals surface area contributed by atoms with Crippen molar-refractivity contribution in [3.8, 4) is 5.75 Å². The highest BCUT2D eigenvalue weighted by Crippen LogP contribution is 2.22. The second kappa shape index (κ2) is 8.21. The molecule has 0 spiro atoms. The zero-order valence-corrected chi connectivity index (χ0v) is 14.7. The van der Waals surface area contributed by atoms with Gasteiger partial charge in [-0.15, -0.1) is 0 Å². The van der Waals surface area contributed by atoms with Crippen molar-refractivity contribution in [3.63, 3.8) is 0 Å². The van der Waals surface area contributed by atoms with E-state index in [2.05, 4.69) is 17.4 Å². The maximum Gasteiger partial charge on any atom is 0.317 e. The van der Waals surface area contributed by atoms with E-state index in [4.69, 9.17) is 4.74 Å². The molecule has 134 valence electrons. The summed E-state index contributed by atoms with van der Waals surface area (Å²) in [6.07, 6.45) is 3.80. The number of aliphatic hydroxyl groups is 1. The van der Waals surface area contributed by atoms with E-state index in [1.807, 2.05) is 29.2 Å². The number of piperidine rings is 1. The number of aliphatic hydroxyl groups excluding tert-OH is 1. The Morgan fingerprint density at radius 1 is 1.24 bits per heavy atom. The van der Waals surface area contributed by atoms with Gasteiger partial charge in [-0.25, -0.2) is 4.79 Å². The molecule has 1 aliphatic heterocycles. The van der Waals surface area contributed by atoms with Crippen molar-refractivity contribution in [2.75, 3.05) is 20.3 Å². The first-order chi connectivity index (χ1) is 12.2. The number of hydrogen-bond donors (Lipinski definition) is 2. The number of ether oxygens (including phenoxy) is 1. The molecule has 5 nitrogen and oxygen atoms in total. The van der Waals surface area contributed by atoms with Crippen LogP contribution in [0, 0.1) is 0 Å². The lowest BCUT2D eigenvalue weighted by molar-refractivity contribution is 0.131. The molecule has 0 aromatic heterocycles. The number of methoxy groups -OCH3 is 1. The zero-order valence-electron chi connectivity index (χ0n) is 14.7. The van der Waals surface area contributed by atoms with Crippen molar-refractivity contribution in [2.24, 2.45) is 0 Å². The molecule has 2 aromatic rings. The minimum atomic E-state index is -0.0343. The van der Waals surface area contributed by atoms with Gasteiger partial charge in [0.1, 0.15) is 5.75 Å². The van der Waals surface area contributed by atoms with E-state index in [-0.39, 0.29) is 18.7 Å². The summed E-state index contributed by atoms with van der Waals surface area (Å²) in [5.41, 5.74) is 1.07. The van der Waals surface area contributed by atoms with Crippen molar-refractivity contribution in [3.05, 3.63) is 42.0 Å². The third kappa shape index (κ3) is 4.23. The number of carbonyl (C=O) groups excluding carboxylic acids is 1. The van der Waals surface area contributed by atoms with E-state index in [9.17, 15) is 9.90 Å². The molecule has 2 aromatic carbocycles. The molecule has 1 saturated heterocycles. The summed E-state index contributed by atoms with van der Waals surface area (Å²) in [6, 6.07) is 12.3. The molecule has 0 radical (unpaired) electrons. The van der Waals surface area contributed by atoms with Crippen LogP contribution in [0.15, 0.2) is 36.4 Å². The van der Waals surface area contributed by atoms with Crippen LogP contribution < -0.4 is 10.1 Å². The maximum atomic E-state index is 12.5. The molecule has 2 amide bonds. The Labute approximate surface area is 148 Å². The average Bonchev–Trinajstić information content (AvgIpc) is 2.66. The molecule has 1 atom stereocenters. The molecular weight excluding hydrogens is 316 g/mol. The summed E-state index contributed by atoms with van der Waals surface area (Å²) >= 11 is 0. The fraction of sp³-hybridized carbons (Fsp3) is 0.450. The molecule has 0 saturated carbocycles. The van der Waals surface area contributed by atoms with Gasteiger partial charge >= 0.3 is 6.03 Å². The van der Waals surface area contributed by atoms with Gasteiger partial charge in [-0.1, -0.05) is 18.2 Å². The van der Waals surface area contributed by atoms with Crippen LogP contribution in [-0.4, -0.2) is 42.3 Å². The molecule has 3 rings (SSSR count). The van der Waals surface area contributed by atoms with Gasteiger partial charge in [-0.3, -0.25) is 0 Å². The molecule has 1 unspecified atom stereocenters. The Balaban J connectivity index is 1.64. The third-order valence-corrected chi connectivity index (χ3v) is 4.91. The van der Waals surface area contributed by atoms with Gasteiger partial charge in [0.2, 0.25) is 0 Å². The van der Waals surface area contributed by atoms with E-state index >= 15 is 0 Å². The summed E-state index contributed by atoms with van der Waals surface area (Å²) in [5.74, 6) is 0.841. The van der Waals surface area contributed by atoms with E-state index < -0.39 is 0 Å². The van der Waals surface area contributed by atoms with Crippen LogP contribution >= 0.6 is 0 Å². The number of nitrogens with one attached hydrogen (secondary N) is 1. The van der Waals surface area contributed by atoms with E-state index in [0.29, 0.717) is 13.0 Å². The summed E-state index contributed by atoms with van der Waals surface area (Å²) in [7, 11) is 1.66. The molecule has 25 heavy (non-hydrogen) atoms. The Hall–Kier alpha value is -2.27. The topological polar surface area (TPSA) is 61.8 Å². The highest BCUT2D eigenvalue weighted by molar-refractivity contribution is 5.84. The predicted octanol–water partition coefficient (Wildman–Crippen LogP) is 3.29. The van der Waals surface area contributed by atoms with Crippen LogP contribution in [0.2, 0.25) is 0 Å². The molecular formula is C20H26N2O3. The molecule has 2 N–H and O–H groups in total. The molecule has 1 aliphatic rings. The Morgan fingerprint density at radius 3 is 2.84 bits per heavy atom. The van der Waals surface area contributed by atoms with Gasteiger partial charge in [0.05, 0.1) is 7.11 Å². The van der Waals surface area contributed by atoms with Crippen LogP contribution in [0.4, 0.5) is 4.79 Å². The van der Waals surface area contributed by atoms with Gasteiger partial charge in [-0.05, 0) is 60.2 Å². The Bertz CT molecular complexity index is 730. The largest absolute Gasteiger partial charge is 0.497 e. The van der Waals surface area contributed by atoms with E-state index in [0.717, 1.165) is 47.9 Å². The van der Waals surface area contributed by atoms with E-state index in [1.165, 1.54) is 0 Å². The van der Waals surface area contributed by atoms with Crippen LogP contribution in [0.25, 0.3) is 10.8 Å². The number of fused-ring (bicyclic) bond motifs is 1. The quantitative estimate of drug-likeness (QED) is 0.876. The van der Waals surface area contributed by atoms with Crippen LogP contribution in [-0.2, 0) is 6.54 Å². The van der Waals surface area contributed by atoms with Crippen LogP contribution in [0.1, 0.15) is 31.2 Å². The number of rotatable bonds is 5. The first-order valence-electron chi connectivity index (χ1n) is 8.93. The summed E-state index contributed by atoms with van der Waals surface area (Å²) in [4.78, 5) is 14.4. The molecule has 0 bridgehead atoms. The van der Waals surface area contributed by atoms with Gasteiger partial charge < -0.3 is 20.1 Å². The first-order valence-corrected chi connectivity index (χ1v) is 8.93. The van der Waals surface area contributed by atoms with Crippen molar-refractivity contribution >= 4 is 16.8 Å². The molecule has 1 heterocycles. The Morgan fingerprint density at radius 2 is 2.04 bits per heavy atom. The average molecular weight is 342 g/mol. The standard InChI is InChI=1S/C20H26N2O3/c1-25-19-8-7-16-12-15(5-6-17(16)13-19)14-21-20(24)22-10-3-2-4-18(22)9-11-23/h5-8,12-13,18,23H,2-4,9-11,14H2,1H3,(H,21,24). The number of hydrogen-bond acceptors (Lipinski definition) is 3. The fourth-order valence-electron chi connectivity index (χ4n) is 3.51. The zero-order chi connectivity index (χ0) is 17.6. The highest BCUT2D eigenvalue weighted by Gasteiger charge is 2.25. The predicted molar refractivity (Wildman–Crippen MR) is 98.8 cm³/mol. The van der Waals surface area contributed by atoms with Crippen molar-refractivity contribution in [1.29, 1.82) is 0 Å².